The Morgan fingerprint density at radius 2 is 0.588 bits per heavy atom. The molecule has 0 aliphatic carbocycles. The average Bonchev–Trinajstić information content (AvgIpc) is 2.69. The molecular formula is C30H39AsS3. The molecule has 0 N–H and O–H groups in total. The van der Waals surface area contributed by atoms with E-state index in [1.807, 2.05) is 35.3 Å². The van der Waals surface area contributed by atoms with Crippen LogP contribution in [0.1, 0.15) is 62.3 Å². The summed E-state index contributed by atoms with van der Waals surface area (Å²) in [5, 5.41) is 0. The van der Waals surface area contributed by atoms with Crippen LogP contribution in [0.4, 0.5) is 0 Å². The van der Waals surface area contributed by atoms with E-state index in [1.165, 1.54) is 27.7 Å². The van der Waals surface area contributed by atoms with Crippen LogP contribution >= 0.6 is 35.3 Å². The molecule has 0 aromatic heterocycles. The second-order valence-corrected chi connectivity index (χ2v) is 21.8. The zero-order chi connectivity index (χ0) is 25.1. The third-order valence-electron chi connectivity index (χ3n) is 4.56. The molecule has 0 spiro atoms. The molecule has 0 aliphatic heterocycles. The van der Waals surface area contributed by atoms with Crippen LogP contribution in [-0.4, -0.2) is 28.9 Å². The molecule has 34 heavy (non-hydrogen) atoms. The van der Waals surface area contributed by atoms with Gasteiger partial charge >= 0.3 is 227 Å². The molecule has 4 heteroatoms. The number of thioether (sulfide) groups is 3. The molecule has 0 saturated heterocycles. The van der Waals surface area contributed by atoms with E-state index < -0.39 is 14.7 Å². The van der Waals surface area contributed by atoms with Gasteiger partial charge in [0, 0.05) is 0 Å². The molecule has 0 heterocycles. The fraction of sp³-hybridized carbons (Fsp3) is 0.400. The first-order valence-electron chi connectivity index (χ1n) is 11.9. The molecule has 3 aromatic rings. The van der Waals surface area contributed by atoms with Crippen molar-refractivity contribution in [3.63, 3.8) is 0 Å². The van der Waals surface area contributed by atoms with Gasteiger partial charge in [0.1, 0.15) is 0 Å². The zero-order valence-electron chi connectivity index (χ0n) is 22.1. The molecular weight excluding hydrogens is 531 g/mol. The van der Waals surface area contributed by atoms with E-state index >= 15 is 0 Å². The molecule has 0 unspecified atom stereocenters. The zero-order valence-corrected chi connectivity index (χ0v) is 26.4. The van der Waals surface area contributed by atoms with Gasteiger partial charge in [-0.15, -0.1) is 0 Å². The van der Waals surface area contributed by atoms with E-state index in [0.29, 0.717) is 0 Å². The van der Waals surface area contributed by atoms with Gasteiger partial charge in [-0.1, -0.05) is 0 Å². The van der Waals surface area contributed by atoms with Crippen LogP contribution in [-0.2, 0) is 0 Å². The van der Waals surface area contributed by atoms with Crippen LogP contribution in [0, 0.1) is 0 Å². The van der Waals surface area contributed by atoms with E-state index in [-0.39, 0.29) is 14.2 Å². The fourth-order valence-electron chi connectivity index (χ4n) is 3.50. The summed E-state index contributed by atoms with van der Waals surface area (Å²) in [6, 6.07) is 28.2. The third kappa shape index (κ3) is 9.05. The Hall–Kier alpha value is -0.732. The Kier molecular flexibility index (Phi) is 9.11. The van der Waals surface area contributed by atoms with Gasteiger partial charge < -0.3 is 0 Å². The van der Waals surface area contributed by atoms with Gasteiger partial charge in [-0.2, -0.15) is 0 Å². The van der Waals surface area contributed by atoms with Crippen molar-refractivity contribution >= 4 is 63.0 Å². The monoisotopic (exact) mass is 570 g/mol. The van der Waals surface area contributed by atoms with Crippen LogP contribution in [0.2, 0.25) is 0 Å². The molecule has 0 saturated carbocycles. The van der Waals surface area contributed by atoms with Crippen molar-refractivity contribution in [3.8, 4) is 0 Å². The SMILES string of the molecule is CC(C)(C)Sc1ccc([As](c2ccc(SC(C)(C)C)cc2)c2ccc(SC(C)(C)C)cc2)cc1. The minimum absolute atomic E-state index is 0.222. The number of rotatable bonds is 6. The van der Waals surface area contributed by atoms with Gasteiger partial charge in [0.15, 0.2) is 0 Å². The Labute approximate surface area is 225 Å². The van der Waals surface area contributed by atoms with Crippen molar-refractivity contribution in [2.75, 3.05) is 0 Å². The number of hydrogen-bond donors (Lipinski definition) is 0. The summed E-state index contributed by atoms with van der Waals surface area (Å²) < 4.78 is 5.12. The van der Waals surface area contributed by atoms with Crippen LogP contribution in [0.15, 0.2) is 87.5 Å². The van der Waals surface area contributed by atoms with E-state index in [9.17, 15) is 0 Å². The van der Waals surface area contributed by atoms with Gasteiger partial charge in [-0.25, -0.2) is 0 Å². The molecule has 0 fully saturated rings. The summed E-state index contributed by atoms with van der Waals surface area (Å²) in [7, 11) is 0. The first kappa shape index (κ1) is 27.8. The number of hydrogen-bond acceptors (Lipinski definition) is 3. The average molecular weight is 571 g/mol. The normalized spacial score (nSPS) is 12.9. The molecule has 182 valence electrons. The van der Waals surface area contributed by atoms with Crippen LogP contribution in [0.5, 0.6) is 0 Å². The standard InChI is InChI=1S/C30H39AsS3/c1-28(2,3)32-25-16-10-22(11-17-25)31(23-12-18-26(19-13-23)33-29(4,5)6)24-14-20-27(21-15-24)34-30(7,8)9/h10-21H,1-9H3. The molecule has 0 nitrogen and oxygen atoms in total. The molecule has 3 aromatic carbocycles. The van der Waals surface area contributed by atoms with Crippen LogP contribution in [0.25, 0.3) is 0 Å². The summed E-state index contributed by atoms with van der Waals surface area (Å²) in [4.78, 5) is 4.04. The van der Waals surface area contributed by atoms with E-state index in [4.69, 9.17) is 0 Å². The summed E-state index contributed by atoms with van der Waals surface area (Å²) in [5.41, 5.74) is 0. The Bertz CT molecular complexity index is 908. The van der Waals surface area contributed by atoms with E-state index in [1.54, 1.807) is 0 Å². The van der Waals surface area contributed by atoms with Crippen molar-refractivity contribution in [2.24, 2.45) is 0 Å². The topological polar surface area (TPSA) is 0 Å². The second-order valence-electron chi connectivity index (χ2n) is 11.5. The van der Waals surface area contributed by atoms with Crippen molar-refractivity contribution in [1.29, 1.82) is 0 Å². The first-order valence-corrected chi connectivity index (χ1v) is 17.1. The van der Waals surface area contributed by atoms with Crippen LogP contribution in [0.3, 0.4) is 0 Å². The second kappa shape index (κ2) is 11.1. The molecule has 0 atom stereocenters. The molecule has 0 amide bonds. The van der Waals surface area contributed by atoms with Crippen LogP contribution < -0.4 is 13.1 Å². The van der Waals surface area contributed by atoms with Crippen molar-refractivity contribution in [2.45, 2.75) is 91.2 Å². The summed E-state index contributed by atoms with van der Waals surface area (Å²) in [5.74, 6) is 0. The fourth-order valence-corrected chi connectivity index (χ4v) is 11.1. The van der Waals surface area contributed by atoms with Crippen molar-refractivity contribution < 1.29 is 0 Å². The summed E-state index contributed by atoms with van der Waals surface area (Å²) in [6.45, 7) is 20.5. The predicted molar refractivity (Wildman–Crippen MR) is 161 cm³/mol. The van der Waals surface area contributed by atoms with Gasteiger partial charge in [0.2, 0.25) is 0 Å². The Morgan fingerprint density at radius 3 is 0.765 bits per heavy atom. The predicted octanol–water partition coefficient (Wildman–Crippen LogP) is 7.87. The van der Waals surface area contributed by atoms with Gasteiger partial charge in [0.05, 0.1) is 0 Å². The van der Waals surface area contributed by atoms with Crippen molar-refractivity contribution in [3.05, 3.63) is 72.8 Å². The number of benzene rings is 3. The summed E-state index contributed by atoms with van der Waals surface area (Å²) in [6.07, 6.45) is 0. The maximum atomic E-state index is 2.38. The maximum absolute atomic E-state index is 2.38. The minimum atomic E-state index is -1.65. The van der Waals surface area contributed by atoms with Gasteiger partial charge in [-0.3, -0.25) is 0 Å². The van der Waals surface area contributed by atoms with Gasteiger partial charge in [0.25, 0.3) is 0 Å². The third-order valence-corrected chi connectivity index (χ3v) is 13.0. The van der Waals surface area contributed by atoms with E-state index in [2.05, 4.69) is 135 Å². The van der Waals surface area contributed by atoms with Gasteiger partial charge in [-0.05, 0) is 0 Å². The Balaban J connectivity index is 1.97. The molecule has 0 aliphatic rings. The quantitative estimate of drug-likeness (QED) is 0.219. The Morgan fingerprint density at radius 1 is 0.382 bits per heavy atom. The molecule has 3 rings (SSSR count). The molecule has 0 radical (unpaired) electrons. The summed E-state index contributed by atoms with van der Waals surface area (Å²) >= 11 is 4.17. The van der Waals surface area contributed by atoms with E-state index in [0.717, 1.165) is 0 Å². The first-order chi connectivity index (χ1) is 15.7. The molecule has 0 bridgehead atoms. The van der Waals surface area contributed by atoms with Crippen molar-refractivity contribution in [1.82, 2.24) is 0 Å².